The normalized spacial score (nSPS) is 11.6. The molecule has 23 heavy (non-hydrogen) atoms. The molecular formula is C13H12Cl2FN3O3S. The summed E-state index contributed by atoms with van der Waals surface area (Å²) in [4.78, 5) is 11.8. The molecule has 1 amide bonds. The van der Waals surface area contributed by atoms with Crippen molar-refractivity contribution in [3.8, 4) is 11.3 Å². The number of benzene rings is 1. The first kappa shape index (κ1) is 17.7. The average Bonchev–Trinajstić information content (AvgIpc) is 2.72. The molecule has 2 aromatic rings. The smallest absolute Gasteiger partial charge is 0.252 e. The molecule has 2 rings (SSSR count). The molecule has 124 valence electrons. The molecule has 6 nitrogen and oxygen atoms in total. The molecule has 1 aromatic carbocycles. The quantitative estimate of drug-likeness (QED) is 0.886. The molecule has 0 unspecified atom stereocenters. The van der Waals surface area contributed by atoms with E-state index in [9.17, 15) is 17.6 Å². The van der Waals surface area contributed by atoms with Crippen molar-refractivity contribution in [3.05, 3.63) is 33.6 Å². The molecule has 0 aliphatic carbocycles. The summed E-state index contributed by atoms with van der Waals surface area (Å²) < 4.78 is 38.8. The van der Waals surface area contributed by atoms with E-state index < -0.39 is 21.6 Å². The van der Waals surface area contributed by atoms with E-state index in [0.29, 0.717) is 0 Å². The van der Waals surface area contributed by atoms with Crippen molar-refractivity contribution in [3.63, 3.8) is 0 Å². The largest absolute Gasteiger partial charge is 0.355 e. The zero-order valence-corrected chi connectivity index (χ0v) is 14.6. The zero-order chi connectivity index (χ0) is 17.5. The van der Waals surface area contributed by atoms with Gasteiger partial charge in [-0.25, -0.2) is 12.8 Å². The predicted octanol–water partition coefficient (Wildman–Crippen LogP) is 2.30. The lowest BCUT2D eigenvalue weighted by Crippen LogP contribution is -2.18. The number of rotatable bonds is 3. The fourth-order valence-electron chi connectivity index (χ4n) is 2.10. The van der Waals surface area contributed by atoms with E-state index in [-0.39, 0.29) is 31.9 Å². The second-order valence-corrected chi connectivity index (χ2v) is 7.47. The lowest BCUT2D eigenvalue weighted by atomic mass is 10.1. The number of hydrogen-bond donors (Lipinski definition) is 1. The van der Waals surface area contributed by atoms with Crippen LogP contribution in [0, 0.1) is 5.82 Å². The molecule has 0 fully saturated rings. The van der Waals surface area contributed by atoms with Crippen molar-refractivity contribution in [1.29, 1.82) is 0 Å². The maximum absolute atomic E-state index is 14.2. The second-order valence-electron chi connectivity index (χ2n) is 4.75. The fraction of sp³-hybridized carbons (Fsp3) is 0.231. The van der Waals surface area contributed by atoms with Crippen LogP contribution in [0.1, 0.15) is 10.4 Å². The maximum Gasteiger partial charge on any atom is 0.252 e. The molecule has 0 aliphatic rings. The molecule has 1 aromatic heterocycles. The highest BCUT2D eigenvalue weighted by Crippen LogP contribution is 2.35. The molecule has 0 spiro atoms. The number of hydrogen-bond acceptors (Lipinski definition) is 4. The van der Waals surface area contributed by atoms with Gasteiger partial charge in [-0.15, -0.1) is 0 Å². The summed E-state index contributed by atoms with van der Waals surface area (Å²) in [5.74, 6) is -1.30. The molecule has 1 N–H and O–H groups in total. The molecule has 0 atom stereocenters. The van der Waals surface area contributed by atoms with E-state index in [1.165, 1.54) is 20.2 Å². The Hall–Kier alpha value is -1.64. The number of aryl methyl sites for hydroxylation is 1. The Morgan fingerprint density at radius 1 is 1.35 bits per heavy atom. The minimum absolute atomic E-state index is 0.0215. The van der Waals surface area contributed by atoms with E-state index in [1.54, 1.807) is 0 Å². The molecule has 0 bridgehead atoms. The van der Waals surface area contributed by atoms with Gasteiger partial charge in [-0.2, -0.15) is 5.10 Å². The first-order valence-electron chi connectivity index (χ1n) is 6.22. The molecule has 1 heterocycles. The Balaban J connectivity index is 2.76. The third-order valence-electron chi connectivity index (χ3n) is 3.07. The van der Waals surface area contributed by atoms with Gasteiger partial charge in [0.2, 0.25) is 0 Å². The number of nitrogens with one attached hydrogen (secondary N) is 1. The topological polar surface area (TPSA) is 81.1 Å². The minimum atomic E-state index is -3.66. The number of halogens is 3. The van der Waals surface area contributed by atoms with E-state index >= 15 is 0 Å². The van der Waals surface area contributed by atoms with Crippen LogP contribution in [0.5, 0.6) is 0 Å². The van der Waals surface area contributed by atoms with Crippen LogP contribution in [0.2, 0.25) is 10.0 Å². The van der Waals surface area contributed by atoms with Crippen molar-refractivity contribution < 1.29 is 17.6 Å². The molecule has 0 aliphatic heterocycles. The highest BCUT2D eigenvalue weighted by atomic mass is 35.5. The summed E-state index contributed by atoms with van der Waals surface area (Å²) in [6.07, 6.45) is 0.966. The summed E-state index contributed by atoms with van der Waals surface area (Å²) in [6.45, 7) is 0. The summed E-state index contributed by atoms with van der Waals surface area (Å²) in [6, 6.07) is 2.13. The van der Waals surface area contributed by atoms with Crippen LogP contribution in [0.4, 0.5) is 4.39 Å². The highest BCUT2D eigenvalue weighted by molar-refractivity contribution is 7.90. The standard InChI is InChI=1S/C13H12Cl2FN3O3S/c1-17-12(20)6-4-7(9(16)5-8(6)14)11-10(15)13(19(2)18-11)23(3,21)22/h4-5H,1-3H3,(H,17,20). The van der Waals surface area contributed by atoms with Gasteiger partial charge in [-0.3, -0.25) is 9.48 Å². The second kappa shape index (κ2) is 6.10. The van der Waals surface area contributed by atoms with Gasteiger partial charge in [-0.1, -0.05) is 23.2 Å². The maximum atomic E-state index is 14.2. The SMILES string of the molecule is CNC(=O)c1cc(-c2nn(C)c(S(C)(=O)=O)c2Cl)c(F)cc1Cl. The fourth-order valence-corrected chi connectivity index (χ4v) is 3.96. The number of carbonyl (C=O) groups excluding carboxylic acids is 1. The van der Waals surface area contributed by atoms with Crippen molar-refractivity contribution in [2.45, 2.75) is 5.03 Å². The van der Waals surface area contributed by atoms with Crippen LogP contribution in [0.3, 0.4) is 0 Å². The average molecular weight is 380 g/mol. The van der Waals surface area contributed by atoms with Gasteiger partial charge in [-0.05, 0) is 12.1 Å². The number of sulfone groups is 1. The van der Waals surface area contributed by atoms with Crippen molar-refractivity contribution in [1.82, 2.24) is 15.1 Å². The third kappa shape index (κ3) is 3.19. The predicted molar refractivity (Wildman–Crippen MR) is 85.1 cm³/mol. The van der Waals surface area contributed by atoms with Gasteiger partial charge in [0.25, 0.3) is 5.91 Å². The Morgan fingerprint density at radius 2 is 1.96 bits per heavy atom. The summed E-state index contributed by atoms with van der Waals surface area (Å²) in [5, 5.41) is 5.78. The van der Waals surface area contributed by atoms with Gasteiger partial charge in [0.05, 0.1) is 10.6 Å². The molecule has 10 heteroatoms. The van der Waals surface area contributed by atoms with Gasteiger partial charge >= 0.3 is 0 Å². The highest BCUT2D eigenvalue weighted by Gasteiger charge is 2.26. The lowest BCUT2D eigenvalue weighted by molar-refractivity contribution is 0.0963. The first-order chi connectivity index (χ1) is 10.6. The van der Waals surface area contributed by atoms with Crippen LogP contribution in [-0.2, 0) is 16.9 Å². The summed E-state index contributed by atoms with van der Waals surface area (Å²) in [7, 11) is -0.888. The third-order valence-corrected chi connectivity index (χ3v) is 5.03. The van der Waals surface area contributed by atoms with E-state index in [2.05, 4.69) is 10.4 Å². The first-order valence-corrected chi connectivity index (χ1v) is 8.86. The molecule has 0 saturated heterocycles. The lowest BCUT2D eigenvalue weighted by Gasteiger charge is -2.07. The zero-order valence-electron chi connectivity index (χ0n) is 12.3. The molecule has 0 radical (unpaired) electrons. The summed E-state index contributed by atoms with van der Waals surface area (Å²) in [5.41, 5.74) is -0.189. The number of nitrogens with zero attached hydrogens (tertiary/aromatic N) is 2. The Morgan fingerprint density at radius 3 is 2.43 bits per heavy atom. The monoisotopic (exact) mass is 379 g/mol. The van der Waals surface area contributed by atoms with Gasteiger partial charge in [0.15, 0.2) is 14.9 Å². The minimum Gasteiger partial charge on any atom is -0.355 e. The number of amides is 1. The van der Waals surface area contributed by atoms with E-state index in [4.69, 9.17) is 23.2 Å². The van der Waals surface area contributed by atoms with Crippen LogP contribution in [0.25, 0.3) is 11.3 Å². The van der Waals surface area contributed by atoms with Crippen LogP contribution >= 0.6 is 23.2 Å². The Kier molecular flexibility index (Phi) is 4.70. The molecular weight excluding hydrogens is 368 g/mol. The summed E-state index contributed by atoms with van der Waals surface area (Å²) >= 11 is 11.9. The number of carbonyl (C=O) groups is 1. The van der Waals surface area contributed by atoms with E-state index in [0.717, 1.165) is 17.0 Å². The van der Waals surface area contributed by atoms with Crippen LogP contribution < -0.4 is 5.32 Å². The number of aromatic nitrogens is 2. The van der Waals surface area contributed by atoms with Crippen LogP contribution in [-0.4, -0.2) is 37.4 Å². The molecule has 0 saturated carbocycles. The Bertz CT molecular complexity index is 910. The van der Waals surface area contributed by atoms with Crippen molar-refractivity contribution >= 4 is 38.9 Å². The van der Waals surface area contributed by atoms with Crippen molar-refractivity contribution in [2.24, 2.45) is 7.05 Å². The van der Waals surface area contributed by atoms with Gasteiger partial charge in [0.1, 0.15) is 16.5 Å². The van der Waals surface area contributed by atoms with Crippen molar-refractivity contribution in [2.75, 3.05) is 13.3 Å². The Labute approximate surface area is 142 Å². The van der Waals surface area contributed by atoms with Gasteiger partial charge < -0.3 is 5.32 Å². The van der Waals surface area contributed by atoms with Gasteiger partial charge in [0, 0.05) is 25.9 Å². The van der Waals surface area contributed by atoms with Crippen LogP contribution in [0.15, 0.2) is 17.2 Å². The van der Waals surface area contributed by atoms with E-state index in [1.807, 2.05) is 0 Å².